The molecule has 2 rings (SSSR count). The number of alkyl halides is 3. The molecule has 9 heteroatoms. The highest BCUT2D eigenvalue weighted by molar-refractivity contribution is 7.89. The largest absolute Gasteiger partial charge is 0.416 e. The number of benzene rings is 2. The first-order valence-corrected chi connectivity index (χ1v) is 10.5. The molecule has 0 aliphatic carbocycles. The molecule has 0 bridgehead atoms. The molecule has 1 atom stereocenters. The summed E-state index contributed by atoms with van der Waals surface area (Å²) in [4.78, 5) is 11.8. The Hall–Kier alpha value is -2.39. The van der Waals surface area contributed by atoms with Gasteiger partial charge in [-0.25, -0.2) is 8.42 Å². The summed E-state index contributed by atoms with van der Waals surface area (Å²) in [5.74, 6) is -0.522. The Labute approximate surface area is 168 Å². The zero-order valence-corrected chi connectivity index (χ0v) is 16.9. The minimum Gasteiger partial charge on any atom is -0.353 e. The van der Waals surface area contributed by atoms with E-state index in [0.717, 1.165) is 22.5 Å². The third-order valence-corrected chi connectivity index (χ3v) is 6.13. The summed E-state index contributed by atoms with van der Waals surface area (Å²) in [7, 11) is -4.35. The first kappa shape index (κ1) is 22.9. The Bertz CT molecular complexity index is 931. The predicted molar refractivity (Wildman–Crippen MR) is 103 cm³/mol. The van der Waals surface area contributed by atoms with Crippen molar-refractivity contribution in [3.8, 4) is 0 Å². The third-order valence-electron chi connectivity index (χ3n) is 4.34. The van der Waals surface area contributed by atoms with Gasteiger partial charge in [-0.3, -0.25) is 4.79 Å². The number of sulfonamides is 1. The number of rotatable bonds is 8. The average molecular weight is 428 g/mol. The van der Waals surface area contributed by atoms with Crippen LogP contribution in [-0.4, -0.2) is 31.2 Å². The molecule has 158 valence electrons. The second-order valence-corrected chi connectivity index (χ2v) is 8.60. The van der Waals surface area contributed by atoms with Crippen LogP contribution in [0.15, 0.2) is 59.5 Å². The van der Waals surface area contributed by atoms with Gasteiger partial charge < -0.3 is 5.32 Å². The predicted octanol–water partition coefficient (Wildman–Crippen LogP) is 3.81. The van der Waals surface area contributed by atoms with Crippen LogP contribution >= 0.6 is 0 Å². The van der Waals surface area contributed by atoms with Crippen LogP contribution in [0.3, 0.4) is 0 Å². The average Bonchev–Trinajstić information content (AvgIpc) is 2.67. The van der Waals surface area contributed by atoms with Crippen LogP contribution in [0.4, 0.5) is 13.2 Å². The van der Waals surface area contributed by atoms with Gasteiger partial charge in [0.15, 0.2) is 0 Å². The Kier molecular flexibility index (Phi) is 7.43. The van der Waals surface area contributed by atoms with E-state index in [9.17, 15) is 26.4 Å². The van der Waals surface area contributed by atoms with E-state index < -0.39 is 39.1 Å². The molecule has 1 N–H and O–H groups in total. The first-order chi connectivity index (χ1) is 13.5. The molecule has 0 aromatic heterocycles. The highest BCUT2D eigenvalue weighted by Gasteiger charge is 2.33. The van der Waals surface area contributed by atoms with Crippen molar-refractivity contribution in [1.29, 1.82) is 0 Å². The molecule has 0 heterocycles. The zero-order valence-electron chi connectivity index (χ0n) is 16.1. The van der Waals surface area contributed by atoms with Gasteiger partial charge in [-0.05, 0) is 37.1 Å². The van der Waals surface area contributed by atoms with Crippen LogP contribution in [0.5, 0.6) is 0 Å². The first-order valence-electron chi connectivity index (χ1n) is 9.04. The number of nitrogens with zero attached hydrogens (tertiary/aromatic N) is 1. The van der Waals surface area contributed by atoms with Gasteiger partial charge in [0, 0.05) is 12.6 Å². The van der Waals surface area contributed by atoms with Crippen molar-refractivity contribution >= 4 is 15.9 Å². The van der Waals surface area contributed by atoms with Gasteiger partial charge in [-0.15, -0.1) is 0 Å². The number of halogens is 3. The second-order valence-electron chi connectivity index (χ2n) is 6.66. The van der Waals surface area contributed by atoms with E-state index in [1.165, 1.54) is 0 Å². The standard InChI is InChI=1S/C20H23F3N2O3S/c1-3-15(2)24-19(26)14-25(13-16-8-5-4-6-9-16)29(27,28)18-11-7-10-17(12-18)20(21,22)23/h4-12,15H,3,13-14H2,1-2H3,(H,24,26)/t15-/m0/s1. The number of carbonyl (C=O) groups excluding carboxylic acids is 1. The molecule has 0 unspecified atom stereocenters. The van der Waals surface area contributed by atoms with Gasteiger partial charge in [0.25, 0.3) is 0 Å². The van der Waals surface area contributed by atoms with Crippen molar-refractivity contribution in [2.24, 2.45) is 0 Å². The fourth-order valence-corrected chi connectivity index (χ4v) is 4.01. The number of amides is 1. The molecule has 2 aromatic rings. The molecule has 0 aliphatic rings. The number of hydrogen-bond acceptors (Lipinski definition) is 3. The van der Waals surface area contributed by atoms with Gasteiger partial charge >= 0.3 is 6.18 Å². The highest BCUT2D eigenvalue weighted by atomic mass is 32.2. The Morgan fingerprint density at radius 2 is 1.76 bits per heavy atom. The summed E-state index contributed by atoms with van der Waals surface area (Å²) in [5, 5.41) is 2.68. The topological polar surface area (TPSA) is 66.5 Å². The molecule has 0 fully saturated rings. The van der Waals surface area contributed by atoms with E-state index >= 15 is 0 Å². The molecule has 0 saturated carbocycles. The van der Waals surface area contributed by atoms with Crippen molar-refractivity contribution in [2.45, 2.75) is 43.9 Å². The summed E-state index contributed by atoms with van der Waals surface area (Å²) in [6, 6.07) is 11.9. The summed E-state index contributed by atoms with van der Waals surface area (Å²) in [6.45, 7) is 3.00. The minimum atomic E-state index is -4.68. The molecule has 0 aliphatic heterocycles. The SMILES string of the molecule is CC[C@H](C)NC(=O)CN(Cc1ccccc1)S(=O)(=O)c1cccc(C(F)(F)F)c1. The molecule has 0 spiro atoms. The Morgan fingerprint density at radius 3 is 2.34 bits per heavy atom. The number of carbonyl (C=O) groups is 1. The van der Waals surface area contributed by atoms with Crippen molar-refractivity contribution in [2.75, 3.05) is 6.54 Å². The smallest absolute Gasteiger partial charge is 0.353 e. The van der Waals surface area contributed by atoms with Crippen LogP contribution in [0.25, 0.3) is 0 Å². The third kappa shape index (κ3) is 6.30. The van der Waals surface area contributed by atoms with E-state index in [1.54, 1.807) is 37.3 Å². The maximum Gasteiger partial charge on any atom is 0.416 e. The van der Waals surface area contributed by atoms with Crippen molar-refractivity contribution < 1.29 is 26.4 Å². The van der Waals surface area contributed by atoms with Crippen LogP contribution < -0.4 is 5.32 Å². The van der Waals surface area contributed by atoms with Crippen LogP contribution in [0.1, 0.15) is 31.4 Å². The van der Waals surface area contributed by atoms with Gasteiger partial charge in [0.1, 0.15) is 0 Å². The molecule has 2 aromatic carbocycles. The van der Waals surface area contributed by atoms with Gasteiger partial charge in [0.2, 0.25) is 15.9 Å². The molecule has 29 heavy (non-hydrogen) atoms. The van der Waals surface area contributed by atoms with Crippen molar-refractivity contribution in [1.82, 2.24) is 9.62 Å². The van der Waals surface area contributed by atoms with Crippen LogP contribution in [0.2, 0.25) is 0 Å². The quantitative estimate of drug-likeness (QED) is 0.695. The minimum absolute atomic E-state index is 0.145. The fraction of sp³-hybridized carbons (Fsp3) is 0.350. The molecule has 0 radical (unpaired) electrons. The summed E-state index contributed by atoms with van der Waals surface area (Å²) < 4.78 is 66.1. The summed E-state index contributed by atoms with van der Waals surface area (Å²) in [5.41, 5.74) is -0.457. The van der Waals surface area contributed by atoms with E-state index in [4.69, 9.17) is 0 Å². The second kappa shape index (κ2) is 9.41. The van der Waals surface area contributed by atoms with E-state index in [1.807, 2.05) is 6.92 Å². The highest BCUT2D eigenvalue weighted by Crippen LogP contribution is 2.31. The summed E-state index contributed by atoms with van der Waals surface area (Å²) >= 11 is 0. The maximum atomic E-state index is 13.1. The molecule has 0 saturated heterocycles. The molecular weight excluding hydrogens is 405 g/mol. The Morgan fingerprint density at radius 1 is 1.10 bits per heavy atom. The van der Waals surface area contributed by atoms with Gasteiger partial charge in [-0.2, -0.15) is 17.5 Å². The van der Waals surface area contributed by atoms with Crippen LogP contribution in [0, 0.1) is 0 Å². The lowest BCUT2D eigenvalue weighted by Crippen LogP contribution is -2.43. The van der Waals surface area contributed by atoms with E-state index in [2.05, 4.69) is 5.32 Å². The van der Waals surface area contributed by atoms with E-state index in [0.29, 0.717) is 18.1 Å². The zero-order chi connectivity index (χ0) is 21.7. The molecular formula is C20H23F3N2O3S. The van der Waals surface area contributed by atoms with E-state index in [-0.39, 0.29) is 12.6 Å². The lowest BCUT2D eigenvalue weighted by atomic mass is 10.2. The van der Waals surface area contributed by atoms with Crippen LogP contribution in [-0.2, 0) is 27.5 Å². The Balaban J connectivity index is 2.39. The lowest BCUT2D eigenvalue weighted by molar-refractivity contribution is -0.137. The monoisotopic (exact) mass is 428 g/mol. The number of nitrogens with one attached hydrogen (secondary N) is 1. The molecule has 1 amide bonds. The van der Waals surface area contributed by atoms with Gasteiger partial charge in [-0.1, -0.05) is 43.3 Å². The van der Waals surface area contributed by atoms with Crippen molar-refractivity contribution in [3.05, 3.63) is 65.7 Å². The fourth-order valence-electron chi connectivity index (χ4n) is 2.58. The van der Waals surface area contributed by atoms with Crippen molar-refractivity contribution in [3.63, 3.8) is 0 Å². The van der Waals surface area contributed by atoms with Gasteiger partial charge in [0.05, 0.1) is 17.0 Å². The normalized spacial score (nSPS) is 13.3. The molecule has 5 nitrogen and oxygen atoms in total. The maximum absolute atomic E-state index is 13.1. The lowest BCUT2D eigenvalue weighted by Gasteiger charge is -2.23. The summed E-state index contributed by atoms with van der Waals surface area (Å²) in [6.07, 6.45) is -4.02. The number of hydrogen-bond donors (Lipinski definition) is 1.